The van der Waals surface area contributed by atoms with Crippen molar-refractivity contribution in [3.63, 3.8) is 0 Å². The number of rotatable bonds is 10. The van der Waals surface area contributed by atoms with Crippen molar-refractivity contribution >= 4 is 5.96 Å². The first-order chi connectivity index (χ1) is 13.5. The molecule has 1 aromatic heterocycles. The second kappa shape index (κ2) is 11.4. The van der Waals surface area contributed by atoms with E-state index in [0.29, 0.717) is 32.3 Å². The number of ether oxygens (including phenoxy) is 1. The van der Waals surface area contributed by atoms with Crippen LogP contribution in [0, 0.1) is 13.8 Å². The second-order valence-electron chi connectivity index (χ2n) is 6.68. The monoisotopic (exact) mass is 388 g/mol. The number of aliphatic hydroxyl groups is 1. The molecule has 3 N–H and O–H groups in total. The van der Waals surface area contributed by atoms with Crippen LogP contribution in [0.3, 0.4) is 0 Å². The highest BCUT2D eigenvalue weighted by atomic mass is 16.5. The van der Waals surface area contributed by atoms with Gasteiger partial charge in [0.15, 0.2) is 11.8 Å². The highest BCUT2D eigenvalue weighted by Crippen LogP contribution is 2.13. The molecule has 154 valence electrons. The predicted molar refractivity (Wildman–Crippen MR) is 110 cm³/mol. The first-order valence-corrected chi connectivity index (χ1v) is 9.70. The fraction of sp³-hybridized carbons (Fsp3) is 0.550. The largest absolute Gasteiger partial charge is 0.387 e. The maximum Gasteiger partial charge on any atom is 0.191 e. The van der Waals surface area contributed by atoms with Crippen molar-refractivity contribution in [3.8, 4) is 0 Å². The van der Waals surface area contributed by atoms with E-state index in [4.69, 9.17) is 4.74 Å². The highest BCUT2D eigenvalue weighted by Gasteiger charge is 2.10. The molecule has 0 saturated heterocycles. The van der Waals surface area contributed by atoms with Gasteiger partial charge in [-0.15, -0.1) is 10.2 Å². The number of hydrogen-bond acceptors (Lipinski definition) is 5. The molecule has 0 saturated carbocycles. The van der Waals surface area contributed by atoms with Crippen LogP contribution < -0.4 is 10.6 Å². The Morgan fingerprint density at radius 1 is 1.29 bits per heavy atom. The molecule has 0 aliphatic heterocycles. The lowest BCUT2D eigenvalue weighted by atomic mass is 10.1. The molecule has 2 rings (SSSR count). The van der Waals surface area contributed by atoms with Crippen molar-refractivity contribution in [2.75, 3.05) is 26.3 Å². The molecule has 2 aromatic rings. The molecule has 0 spiro atoms. The van der Waals surface area contributed by atoms with Crippen molar-refractivity contribution in [2.45, 2.75) is 39.8 Å². The van der Waals surface area contributed by atoms with Crippen LogP contribution in [0.4, 0.5) is 0 Å². The summed E-state index contributed by atoms with van der Waals surface area (Å²) in [6.45, 7) is 8.81. The summed E-state index contributed by atoms with van der Waals surface area (Å²) < 4.78 is 7.28. The highest BCUT2D eigenvalue weighted by molar-refractivity contribution is 5.79. The van der Waals surface area contributed by atoms with E-state index in [1.165, 1.54) is 0 Å². The Labute approximate surface area is 167 Å². The SMILES string of the molecule is CCOCCCNC(=NCc1nnc(C)n1C)NCC(O)c1cccc(C)c1. The third kappa shape index (κ3) is 6.94. The van der Waals surface area contributed by atoms with Crippen LogP contribution >= 0.6 is 0 Å². The standard InChI is InChI=1S/C20H32N6O2/c1-5-28-11-7-10-21-20(23-14-19-25-24-16(3)26(19)4)22-13-18(27)17-9-6-8-15(2)12-17/h6,8-9,12,18,27H,5,7,10-11,13-14H2,1-4H3,(H2,21,22,23). The van der Waals surface area contributed by atoms with E-state index in [-0.39, 0.29) is 0 Å². The number of nitrogens with one attached hydrogen (secondary N) is 2. The van der Waals surface area contributed by atoms with Crippen LogP contribution in [0.1, 0.15) is 42.2 Å². The summed E-state index contributed by atoms with van der Waals surface area (Å²) in [5.74, 6) is 2.26. The van der Waals surface area contributed by atoms with E-state index < -0.39 is 6.10 Å². The number of nitrogens with zero attached hydrogens (tertiary/aromatic N) is 4. The Balaban J connectivity index is 1.96. The van der Waals surface area contributed by atoms with Gasteiger partial charge >= 0.3 is 0 Å². The predicted octanol–water partition coefficient (Wildman–Crippen LogP) is 1.63. The molecule has 1 heterocycles. The molecule has 28 heavy (non-hydrogen) atoms. The van der Waals surface area contributed by atoms with Gasteiger partial charge in [-0.1, -0.05) is 29.8 Å². The number of aliphatic imine (C=N–C) groups is 1. The van der Waals surface area contributed by atoms with Crippen LogP contribution in [0.15, 0.2) is 29.3 Å². The lowest BCUT2D eigenvalue weighted by molar-refractivity contribution is 0.145. The topological polar surface area (TPSA) is 96.6 Å². The zero-order valence-corrected chi connectivity index (χ0v) is 17.3. The zero-order valence-electron chi connectivity index (χ0n) is 17.3. The molecule has 0 radical (unpaired) electrons. The average molecular weight is 389 g/mol. The van der Waals surface area contributed by atoms with Gasteiger partial charge in [0.05, 0.1) is 6.10 Å². The van der Waals surface area contributed by atoms with E-state index in [9.17, 15) is 5.11 Å². The van der Waals surface area contributed by atoms with Crippen LogP contribution in [0.5, 0.6) is 0 Å². The van der Waals surface area contributed by atoms with Crippen molar-refractivity contribution < 1.29 is 9.84 Å². The van der Waals surface area contributed by atoms with Gasteiger partial charge in [0.2, 0.25) is 0 Å². The Bertz CT molecular complexity index is 759. The van der Waals surface area contributed by atoms with Gasteiger partial charge in [0, 0.05) is 33.4 Å². The van der Waals surface area contributed by atoms with E-state index in [2.05, 4.69) is 25.8 Å². The second-order valence-corrected chi connectivity index (χ2v) is 6.68. The number of guanidine groups is 1. The Hall–Kier alpha value is -2.45. The Morgan fingerprint density at radius 2 is 2.11 bits per heavy atom. The lowest BCUT2D eigenvalue weighted by Crippen LogP contribution is -2.40. The molecule has 8 heteroatoms. The number of aryl methyl sites for hydroxylation is 2. The molecule has 1 unspecified atom stereocenters. The van der Waals surface area contributed by atoms with E-state index in [0.717, 1.165) is 35.7 Å². The minimum Gasteiger partial charge on any atom is -0.387 e. The van der Waals surface area contributed by atoms with Crippen LogP contribution in [0.25, 0.3) is 0 Å². The summed E-state index contributed by atoms with van der Waals surface area (Å²) in [7, 11) is 1.92. The lowest BCUT2D eigenvalue weighted by Gasteiger charge is -2.16. The van der Waals surface area contributed by atoms with Gasteiger partial charge in [0.25, 0.3) is 0 Å². The third-order valence-electron chi connectivity index (χ3n) is 4.41. The summed E-state index contributed by atoms with van der Waals surface area (Å²) in [4.78, 5) is 4.59. The Kier molecular flexibility index (Phi) is 8.90. The average Bonchev–Trinajstić information content (AvgIpc) is 3.01. The van der Waals surface area contributed by atoms with Crippen LogP contribution in [-0.2, 0) is 18.3 Å². The number of hydrogen-bond donors (Lipinski definition) is 3. The summed E-state index contributed by atoms with van der Waals surface area (Å²) >= 11 is 0. The van der Waals surface area contributed by atoms with E-state index in [1.807, 2.05) is 56.7 Å². The van der Waals surface area contributed by atoms with E-state index in [1.54, 1.807) is 0 Å². The molecule has 1 aromatic carbocycles. The Morgan fingerprint density at radius 3 is 2.79 bits per heavy atom. The van der Waals surface area contributed by atoms with Crippen molar-refractivity contribution in [2.24, 2.45) is 12.0 Å². The summed E-state index contributed by atoms with van der Waals surface area (Å²) in [5.41, 5.74) is 2.00. The minimum absolute atomic E-state index is 0.360. The summed E-state index contributed by atoms with van der Waals surface area (Å²) in [6, 6.07) is 7.87. The van der Waals surface area contributed by atoms with Crippen LogP contribution in [-0.4, -0.2) is 52.1 Å². The smallest absolute Gasteiger partial charge is 0.191 e. The molecule has 0 fully saturated rings. The molecule has 0 amide bonds. The zero-order chi connectivity index (χ0) is 20.4. The van der Waals surface area contributed by atoms with E-state index >= 15 is 0 Å². The van der Waals surface area contributed by atoms with Gasteiger partial charge in [0.1, 0.15) is 12.4 Å². The number of benzene rings is 1. The minimum atomic E-state index is -0.618. The molecule has 0 aliphatic carbocycles. The molecule has 1 atom stereocenters. The molecular weight excluding hydrogens is 356 g/mol. The maximum atomic E-state index is 10.5. The fourth-order valence-corrected chi connectivity index (χ4v) is 2.63. The quantitative estimate of drug-likeness (QED) is 0.325. The summed E-state index contributed by atoms with van der Waals surface area (Å²) in [6.07, 6.45) is 0.255. The number of aromatic nitrogens is 3. The normalized spacial score (nSPS) is 12.8. The number of aliphatic hydroxyl groups excluding tert-OH is 1. The van der Waals surface area contributed by atoms with Crippen molar-refractivity contribution in [1.29, 1.82) is 0 Å². The molecule has 0 bridgehead atoms. The molecule has 8 nitrogen and oxygen atoms in total. The van der Waals surface area contributed by atoms with Gasteiger partial charge in [-0.25, -0.2) is 4.99 Å². The van der Waals surface area contributed by atoms with Gasteiger partial charge < -0.3 is 25.0 Å². The third-order valence-corrected chi connectivity index (χ3v) is 4.41. The van der Waals surface area contributed by atoms with Crippen LogP contribution in [0.2, 0.25) is 0 Å². The molecular formula is C20H32N6O2. The first-order valence-electron chi connectivity index (χ1n) is 9.70. The first kappa shape index (κ1) is 21.8. The fourth-order valence-electron chi connectivity index (χ4n) is 2.63. The summed E-state index contributed by atoms with van der Waals surface area (Å²) in [5, 5.41) is 25.2. The molecule has 0 aliphatic rings. The van der Waals surface area contributed by atoms with Gasteiger partial charge in [-0.2, -0.15) is 0 Å². The van der Waals surface area contributed by atoms with Crippen molar-refractivity contribution in [3.05, 3.63) is 47.0 Å². The van der Waals surface area contributed by atoms with Crippen molar-refractivity contribution in [1.82, 2.24) is 25.4 Å². The van der Waals surface area contributed by atoms with Gasteiger partial charge in [-0.3, -0.25) is 0 Å². The maximum absolute atomic E-state index is 10.5. The van der Waals surface area contributed by atoms with Gasteiger partial charge in [-0.05, 0) is 32.8 Å².